The van der Waals surface area contributed by atoms with Crippen molar-refractivity contribution in [2.24, 2.45) is 0 Å². The van der Waals surface area contributed by atoms with Crippen LogP contribution in [-0.4, -0.2) is 13.1 Å². The fourth-order valence-electron chi connectivity index (χ4n) is 1.03. The number of hydrogen-bond donors (Lipinski definition) is 1. The first-order chi connectivity index (χ1) is 4.86. The fraction of sp³-hybridized carbons (Fsp3) is 0.250. The monoisotopic (exact) mass is 134 g/mol. The Morgan fingerprint density at radius 1 is 1.30 bits per heavy atom. The van der Waals surface area contributed by atoms with Crippen LogP contribution in [0.5, 0.6) is 0 Å². The normalized spacial score (nSPS) is 15.4. The van der Waals surface area contributed by atoms with E-state index in [4.69, 9.17) is 5.73 Å². The second kappa shape index (κ2) is 1.90. The first-order valence-corrected chi connectivity index (χ1v) is 3.47. The van der Waals surface area contributed by atoms with Gasteiger partial charge < -0.3 is 10.6 Å². The molecule has 1 aromatic carbocycles. The fourth-order valence-corrected chi connectivity index (χ4v) is 1.03. The summed E-state index contributed by atoms with van der Waals surface area (Å²) >= 11 is 0. The highest BCUT2D eigenvalue weighted by Gasteiger charge is 2.16. The maximum atomic E-state index is 5.60. The van der Waals surface area contributed by atoms with Crippen LogP contribution < -0.4 is 10.6 Å². The lowest BCUT2D eigenvalue weighted by molar-refractivity contribution is 1.40. The van der Waals surface area contributed by atoms with Gasteiger partial charge in [-0.15, -0.1) is 0 Å². The standard InChI is InChI=1S/C8H10N2/c9-7-2-1-3-8(6-7)10-4-5-10/h1-3,6H,4-5,9H2. The van der Waals surface area contributed by atoms with E-state index < -0.39 is 0 Å². The van der Waals surface area contributed by atoms with Crippen LogP contribution in [0, 0.1) is 0 Å². The molecule has 0 aliphatic carbocycles. The molecule has 0 atom stereocenters. The van der Waals surface area contributed by atoms with Gasteiger partial charge in [-0.3, -0.25) is 0 Å². The summed E-state index contributed by atoms with van der Waals surface area (Å²) in [5.74, 6) is 0. The van der Waals surface area contributed by atoms with E-state index >= 15 is 0 Å². The Labute approximate surface area is 60.3 Å². The molecule has 0 unspecified atom stereocenters. The summed E-state index contributed by atoms with van der Waals surface area (Å²) in [6.45, 7) is 2.37. The van der Waals surface area contributed by atoms with Gasteiger partial charge in [-0.2, -0.15) is 0 Å². The highest BCUT2D eigenvalue weighted by atomic mass is 15.3. The minimum Gasteiger partial charge on any atom is -0.399 e. The molecule has 2 N–H and O–H groups in total. The molecular formula is C8H10N2. The van der Waals surface area contributed by atoms with Gasteiger partial charge in [-0.05, 0) is 18.2 Å². The van der Waals surface area contributed by atoms with Gasteiger partial charge in [0.2, 0.25) is 0 Å². The van der Waals surface area contributed by atoms with Crippen molar-refractivity contribution in [3.63, 3.8) is 0 Å². The SMILES string of the molecule is Nc1cccc(N2CC2)c1. The topological polar surface area (TPSA) is 29.0 Å². The van der Waals surface area contributed by atoms with Crippen LogP contribution in [-0.2, 0) is 0 Å². The average molecular weight is 134 g/mol. The highest BCUT2D eigenvalue weighted by Crippen LogP contribution is 2.22. The van der Waals surface area contributed by atoms with Gasteiger partial charge in [0.1, 0.15) is 0 Å². The molecule has 0 saturated carbocycles. The van der Waals surface area contributed by atoms with Crippen molar-refractivity contribution in [2.75, 3.05) is 23.7 Å². The number of nitrogen functional groups attached to an aromatic ring is 1. The number of nitrogens with zero attached hydrogens (tertiary/aromatic N) is 1. The van der Waals surface area contributed by atoms with Gasteiger partial charge in [0.25, 0.3) is 0 Å². The summed E-state index contributed by atoms with van der Waals surface area (Å²) in [5.41, 5.74) is 7.70. The molecule has 0 amide bonds. The summed E-state index contributed by atoms with van der Waals surface area (Å²) < 4.78 is 0. The summed E-state index contributed by atoms with van der Waals surface area (Å²) in [6, 6.07) is 7.99. The van der Waals surface area contributed by atoms with Crippen LogP contribution in [0.25, 0.3) is 0 Å². The molecule has 1 fully saturated rings. The van der Waals surface area contributed by atoms with E-state index in [0.29, 0.717) is 0 Å². The van der Waals surface area contributed by atoms with Gasteiger partial charge in [0.15, 0.2) is 0 Å². The molecule has 1 saturated heterocycles. The Morgan fingerprint density at radius 2 is 2.10 bits per heavy atom. The van der Waals surface area contributed by atoms with Crippen LogP contribution in [0.4, 0.5) is 11.4 Å². The third kappa shape index (κ3) is 0.923. The van der Waals surface area contributed by atoms with E-state index in [0.717, 1.165) is 5.69 Å². The van der Waals surface area contributed by atoms with Crippen molar-refractivity contribution < 1.29 is 0 Å². The lowest BCUT2D eigenvalue weighted by Crippen LogP contribution is -1.91. The molecule has 0 aromatic heterocycles. The smallest absolute Gasteiger partial charge is 0.0388 e. The second-order valence-electron chi connectivity index (χ2n) is 2.58. The summed E-state index contributed by atoms with van der Waals surface area (Å²) in [7, 11) is 0. The lowest BCUT2D eigenvalue weighted by Gasteiger charge is -2.01. The largest absolute Gasteiger partial charge is 0.399 e. The third-order valence-electron chi connectivity index (χ3n) is 1.68. The van der Waals surface area contributed by atoms with Crippen LogP contribution in [0.2, 0.25) is 0 Å². The quantitative estimate of drug-likeness (QED) is 0.460. The Balaban J connectivity index is 2.32. The summed E-state index contributed by atoms with van der Waals surface area (Å²) in [5, 5.41) is 0. The first-order valence-electron chi connectivity index (χ1n) is 3.47. The van der Waals surface area contributed by atoms with Crippen molar-refractivity contribution in [3.8, 4) is 0 Å². The number of benzene rings is 1. The van der Waals surface area contributed by atoms with Gasteiger partial charge in [0, 0.05) is 24.5 Å². The predicted octanol–water partition coefficient (Wildman–Crippen LogP) is 1.09. The minimum absolute atomic E-state index is 0.851. The van der Waals surface area contributed by atoms with Crippen LogP contribution in [0.1, 0.15) is 0 Å². The van der Waals surface area contributed by atoms with E-state index in [9.17, 15) is 0 Å². The Bertz CT molecular complexity index is 241. The Hall–Kier alpha value is -1.18. The first kappa shape index (κ1) is 5.59. The molecule has 2 rings (SSSR count). The third-order valence-corrected chi connectivity index (χ3v) is 1.68. The molecule has 0 spiro atoms. The van der Waals surface area contributed by atoms with Crippen LogP contribution in [0.15, 0.2) is 24.3 Å². The van der Waals surface area contributed by atoms with Crippen molar-refractivity contribution in [2.45, 2.75) is 0 Å². The van der Waals surface area contributed by atoms with E-state index in [1.54, 1.807) is 0 Å². The minimum atomic E-state index is 0.851. The number of rotatable bonds is 1. The van der Waals surface area contributed by atoms with E-state index in [1.807, 2.05) is 18.2 Å². The predicted molar refractivity (Wildman–Crippen MR) is 43.1 cm³/mol. The molecule has 0 bridgehead atoms. The van der Waals surface area contributed by atoms with Gasteiger partial charge in [0.05, 0.1) is 0 Å². The second-order valence-corrected chi connectivity index (χ2v) is 2.58. The van der Waals surface area contributed by atoms with E-state index in [2.05, 4.69) is 11.0 Å². The molecule has 2 nitrogen and oxygen atoms in total. The molecule has 10 heavy (non-hydrogen) atoms. The summed E-state index contributed by atoms with van der Waals surface area (Å²) in [4.78, 5) is 2.27. The molecule has 1 heterocycles. The zero-order valence-electron chi connectivity index (χ0n) is 5.75. The van der Waals surface area contributed by atoms with Crippen LogP contribution >= 0.6 is 0 Å². The zero-order valence-corrected chi connectivity index (χ0v) is 5.75. The number of anilines is 2. The average Bonchev–Trinajstić information content (AvgIpc) is 2.68. The molecule has 1 aliphatic heterocycles. The van der Waals surface area contributed by atoms with Crippen molar-refractivity contribution in [3.05, 3.63) is 24.3 Å². The van der Waals surface area contributed by atoms with Crippen molar-refractivity contribution >= 4 is 11.4 Å². The summed E-state index contributed by atoms with van der Waals surface area (Å²) in [6.07, 6.45) is 0. The van der Waals surface area contributed by atoms with Crippen molar-refractivity contribution in [1.29, 1.82) is 0 Å². The highest BCUT2D eigenvalue weighted by molar-refractivity contribution is 5.58. The van der Waals surface area contributed by atoms with E-state index in [-0.39, 0.29) is 0 Å². The van der Waals surface area contributed by atoms with Gasteiger partial charge >= 0.3 is 0 Å². The van der Waals surface area contributed by atoms with Crippen molar-refractivity contribution in [1.82, 2.24) is 0 Å². The molecular weight excluding hydrogens is 124 g/mol. The molecule has 52 valence electrons. The number of nitrogens with two attached hydrogens (primary N) is 1. The van der Waals surface area contributed by atoms with Crippen LogP contribution in [0.3, 0.4) is 0 Å². The Morgan fingerprint density at radius 3 is 2.70 bits per heavy atom. The lowest BCUT2D eigenvalue weighted by atomic mass is 10.3. The van der Waals surface area contributed by atoms with Gasteiger partial charge in [-0.25, -0.2) is 0 Å². The molecule has 1 aromatic rings. The number of hydrogen-bond acceptors (Lipinski definition) is 2. The molecule has 2 heteroatoms. The van der Waals surface area contributed by atoms with Gasteiger partial charge in [-0.1, -0.05) is 6.07 Å². The Kier molecular flexibility index (Phi) is 1.07. The maximum Gasteiger partial charge on any atom is 0.0388 e. The van der Waals surface area contributed by atoms with E-state index in [1.165, 1.54) is 18.8 Å². The maximum absolute atomic E-state index is 5.60. The molecule has 0 radical (unpaired) electrons. The zero-order chi connectivity index (χ0) is 6.97. The molecule has 1 aliphatic rings.